The Hall–Kier alpha value is -2.06. The van der Waals surface area contributed by atoms with Crippen molar-refractivity contribution in [2.45, 2.75) is 11.8 Å². The van der Waals surface area contributed by atoms with Crippen LogP contribution in [0.5, 0.6) is 0 Å². The highest BCUT2D eigenvalue weighted by molar-refractivity contribution is 7.89. The average molecular weight is 310 g/mol. The van der Waals surface area contributed by atoms with E-state index in [4.69, 9.17) is 5.73 Å². The van der Waals surface area contributed by atoms with Crippen molar-refractivity contribution in [3.8, 4) is 0 Å². The highest BCUT2D eigenvalue weighted by atomic mass is 32.2. The number of carbonyl (C=O) groups excluding carboxylic acids is 1. The van der Waals surface area contributed by atoms with Gasteiger partial charge in [0.1, 0.15) is 4.90 Å². The van der Waals surface area contributed by atoms with Gasteiger partial charge in [0.25, 0.3) is 0 Å². The van der Waals surface area contributed by atoms with Crippen LogP contribution in [0, 0.1) is 0 Å². The molecule has 0 bridgehead atoms. The molecule has 0 radical (unpaired) electrons. The Morgan fingerprint density at radius 2 is 2.14 bits per heavy atom. The summed E-state index contributed by atoms with van der Waals surface area (Å²) in [6.45, 7) is 2.01. The fraction of sp³-hybridized carbons (Fsp3) is 0.308. The molecule has 114 valence electrons. The summed E-state index contributed by atoms with van der Waals surface area (Å²) in [7, 11) is -2.37. The van der Waals surface area contributed by atoms with Gasteiger partial charge in [0.05, 0.1) is 6.54 Å². The number of benzene rings is 1. The highest BCUT2D eigenvalue weighted by Crippen LogP contribution is 2.26. The van der Waals surface area contributed by atoms with Crippen LogP contribution in [0.4, 0.5) is 5.69 Å². The topological polar surface area (TPSA) is 108 Å². The number of aromatic amines is 1. The standard InChI is InChI=1S/C13H18N4O3S/c1-3-15-13(18)8-17(2)21(19,20)12-7-16-11-6-9(14)4-5-10(11)12/h4-7,16H,3,8,14H2,1-2H3,(H,15,18). The molecule has 0 atom stereocenters. The second-order valence-corrected chi connectivity index (χ2v) is 6.69. The normalized spacial score (nSPS) is 12.0. The van der Waals surface area contributed by atoms with Gasteiger partial charge in [-0.1, -0.05) is 0 Å². The Morgan fingerprint density at radius 1 is 1.43 bits per heavy atom. The zero-order valence-electron chi connectivity index (χ0n) is 11.9. The summed E-state index contributed by atoms with van der Waals surface area (Å²) < 4.78 is 26.1. The molecule has 1 aromatic carbocycles. The van der Waals surface area contributed by atoms with Crippen molar-refractivity contribution in [2.75, 3.05) is 25.9 Å². The maximum absolute atomic E-state index is 12.5. The number of likely N-dealkylation sites (N-methyl/N-ethyl adjacent to an activating group) is 2. The third kappa shape index (κ3) is 3.01. The first-order chi connectivity index (χ1) is 9.86. The van der Waals surface area contributed by atoms with Crippen LogP contribution in [-0.2, 0) is 14.8 Å². The lowest BCUT2D eigenvalue weighted by Gasteiger charge is -2.16. The third-order valence-corrected chi connectivity index (χ3v) is 4.94. The van der Waals surface area contributed by atoms with Gasteiger partial charge in [-0.2, -0.15) is 4.31 Å². The van der Waals surface area contributed by atoms with Gasteiger partial charge in [-0.05, 0) is 25.1 Å². The lowest BCUT2D eigenvalue weighted by atomic mass is 10.2. The highest BCUT2D eigenvalue weighted by Gasteiger charge is 2.25. The number of nitrogen functional groups attached to an aromatic ring is 1. The van der Waals surface area contributed by atoms with Gasteiger partial charge in [-0.25, -0.2) is 8.42 Å². The first kappa shape index (κ1) is 15.3. The van der Waals surface area contributed by atoms with Crippen LogP contribution in [0.1, 0.15) is 6.92 Å². The van der Waals surface area contributed by atoms with E-state index in [-0.39, 0.29) is 17.3 Å². The number of nitrogens with two attached hydrogens (primary N) is 1. The van der Waals surface area contributed by atoms with E-state index in [1.54, 1.807) is 25.1 Å². The number of nitrogens with one attached hydrogen (secondary N) is 2. The molecule has 0 aliphatic carbocycles. The number of hydrogen-bond donors (Lipinski definition) is 3. The molecule has 0 unspecified atom stereocenters. The second-order valence-electron chi connectivity index (χ2n) is 4.67. The summed E-state index contributed by atoms with van der Waals surface area (Å²) >= 11 is 0. The van der Waals surface area contributed by atoms with Crippen LogP contribution in [-0.4, -0.2) is 43.8 Å². The van der Waals surface area contributed by atoms with Crippen LogP contribution >= 0.6 is 0 Å². The SMILES string of the molecule is CCNC(=O)CN(C)S(=O)(=O)c1c[nH]c2cc(N)ccc12. The monoisotopic (exact) mass is 310 g/mol. The van der Waals surface area contributed by atoms with E-state index in [1.807, 2.05) is 0 Å². The molecular weight excluding hydrogens is 292 g/mol. The maximum atomic E-state index is 12.5. The van der Waals surface area contributed by atoms with Gasteiger partial charge >= 0.3 is 0 Å². The molecule has 0 aliphatic rings. The second kappa shape index (κ2) is 5.74. The van der Waals surface area contributed by atoms with E-state index < -0.39 is 10.0 Å². The average Bonchev–Trinajstić information content (AvgIpc) is 2.82. The minimum absolute atomic E-state index is 0.129. The van der Waals surface area contributed by atoms with Crippen LogP contribution in [0.15, 0.2) is 29.3 Å². The molecule has 7 nitrogen and oxygen atoms in total. The molecule has 0 aliphatic heterocycles. The molecular formula is C13H18N4O3S. The molecule has 0 saturated carbocycles. The van der Waals surface area contributed by atoms with Gasteiger partial charge in [-0.15, -0.1) is 0 Å². The van der Waals surface area contributed by atoms with Gasteiger partial charge in [-0.3, -0.25) is 4.79 Å². The number of nitrogens with zero attached hydrogens (tertiary/aromatic N) is 1. The Kier molecular flexibility index (Phi) is 4.19. The van der Waals surface area contributed by atoms with Gasteiger partial charge in [0, 0.05) is 36.4 Å². The molecule has 4 N–H and O–H groups in total. The fourth-order valence-corrected chi connectivity index (χ4v) is 3.33. The van der Waals surface area contributed by atoms with E-state index in [0.29, 0.717) is 23.1 Å². The molecule has 2 rings (SSSR count). The molecule has 1 amide bonds. The zero-order chi connectivity index (χ0) is 15.6. The number of sulfonamides is 1. The molecule has 1 aromatic heterocycles. The number of amides is 1. The van der Waals surface area contributed by atoms with Crippen molar-refractivity contribution in [2.24, 2.45) is 0 Å². The molecule has 0 saturated heterocycles. The summed E-state index contributed by atoms with van der Waals surface area (Å²) in [6.07, 6.45) is 1.41. The number of H-pyrrole nitrogens is 1. The largest absolute Gasteiger partial charge is 0.399 e. The van der Waals surface area contributed by atoms with Gasteiger partial charge < -0.3 is 16.0 Å². The maximum Gasteiger partial charge on any atom is 0.245 e. The Morgan fingerprint density at radius 3 is 2.81 bits per heavy atom. The van der Waals surface area contributed by atoms with E-state index in [9.17, 15) is 13.2 Å². The van der Waals surface area contributed by atoms with Crippen molar-refractivity contribution >= 4 is 32.5 Å². The number of fused-ring (bicyclic) bond motifs is 1. The lowest BCUT2D eigenvalue weighted by molar-refractivity contribution is -0.121. The van der Waals surface area contributed by atoms with Crippen molar-refractivity contribution < 1.29 is 13.2 Å². The van der Waals surface area contributed by atoms with Crippen LogP contribution < -0.4 is 11.1 Å². The summed E-state index contributed by atoms with van der Waals surface area (Å²) in [6, 6.07) is 4.95. The van der Waals surface area contributed by atoms with E-state index in [1.165, 1.54) is 13.2 Å². The summed E-state index contributed by atoms with van der Waals surface area (Å²) in [5.41, 5.74) is 6.85. The molecule has 0 spiro atoms. The van der Waals surface area contributed by atoms with E-state index in [0.717, 1.165) is 4.31 Å². The van der Waals surface area contributed by atoms with Crippen molar-refractivity contribution in [1.82, 2.24) is 14.6 Å². The smallest absolute Gasteiger partial charge is 0.245 e. The quantitative estimate of drug-likeness (QED) is 0.699. The van der Waals surface area contributed by atoms with E-state index in [2.05, 4.69) is 10.3 Å². The van der Waals surface area contributed by atoms with Gasteiger partial charge in [0.15, 0.2) is 0 Å². The number of anilines is 1. The Balaban J connectivity index is 2.35. The molecule has 2 aromatic rings. The molecule has 1 heterocycles. The summed E-state index contributed by atoms with van der Waals surface area (Å²) in [4.78, 5) is 14.5. The summed E-state index contributed by atoms with van der Waals surface area (Å²) in [5.74, 6) is -0.340. The van der Waals surface area contributed by atoms with Crippen molar-refractivity contribution in [1.29, 1.82) is 0 Å². The number of hydrogen-bond acceptors (Lipinski definition) is 4. The molecule has 8 heteroatoms. The zero-order valence-corrected chi connectivity index (χ0v) is 12.7. The molecule has 0 fully saturated rings. The fourth-order valence-electron chi connectivity index (χ4n) is 2.04. The van der Waals surface area contributed by atoms with Gasteiger partial charge in [0.2, 0.25) is 15.9 Å². The van der Waals surface area contributed by atoms with Crippen LogP contribution in [0.2, 0.25) is 0 Å². The van der Waals surface area contributed by atoms with Crippen molar-refractivity contribution in [3.05, 3.63) is 24.4 Å². The Bertz CT molecular complexity index is 767. The number of rotatable bonds is 5. The Labute approximate surface area is 123 Å². The van der Waals surface area contributed by atoms with E-state index >= 15 is 0 Å². The van der Waals surface area contributed by atoms with Crippen molar-refractivity contribution in [3.63, 3.8) is 0 Å². The predicted molar refractivity (Wildman–Crippen MR) is 81.2 cm³/mol. The third-order valence-electron chi connectivity index (χ3n) is 3.10. The predicted octanol–water partition coefficient (Wildman–Crippen LogP) is 0.507. The molecule has 21 heavy (non-hydrogen) atoms. The van der Waals surface area contributed by atoms with Crippen LogP contribution in [0.25, 0.3) is 10.9 Å². The van der Waals surface area contributed by atoms with Crippen LogP contribution in [0.3, 0.4) is 0 Å². The minimum Gasteiger partial charge on any atom is -0.399 e. The minimum atomic E-state index is -3.75. The summed E-state index contributed by atoms with van der Waals surface area (Å²) in [5, 5.41) is 3.12. The first-order valence-corrected chi connectivity index (χ1v) is 7.90. The number of aromatic nitrogens is 1. The number of carbonyl (C=O) groups is 1. The lowest BCUT2D eigenvalue weighted by Crippen LogP contribution is -2.38. The first-order valence-electron chi connectivity index (χ1n) is 6.46.